The number of hydrogen-bond acceptors (Lipinski definition) is 4. The number of rotatable bonds is 8. The smallest absolute Gasteiger partial charge is 0.0666 e. The number of nitrogens with one attached hydrogen (secondary N) is 1. The number of hydrogen-bond donors (Lipinski definition) is 2. The van der Waals surface area contributed by atoms with Crippen molar-refractivity contribution < 1.29 is 9.84 Å². The van der Waals surface area contributed by atoms with Crippen molar-refractivity contribution in [2.45, 2.75) is 56.7 Å². The molecule has 1 saturated heterocycles. The molecule has 4 heteroatoms. The Kier molecular flexibility index (Phi) is 5.15. The molecule has 2 atom stereocenters. The molecular weight excluding hydrogens is 234 g/mol. The molecule has 1 aliphatic heterocycles. The second-order valence-electron chi connectivity index (χ2n) is 5.60. The van der Waals surface area contributed by atoms with Crippen LogP contribution < -0.4 is 5.32 Å². The Morgan fingerprint density at radius 1 is 1.41 bits per heavy atom. The van der Waals surface area contributed by atoms with Crippen LogP contribution in [-0.4, -0.2) is 47.5 Å². The summed E-state index contributed by atoms with van der Waals surface area (Å²) >= 11 is 1.96. The highest BCUT2D eigenvalue weighted by molar-refractivity contribution is 7.99. The lowest BCUT2D eigenvalue weighted by Crippen LogP contribution is -2.47. The van der Waals surface area contributed by atoms with Gasteiger partial charge in [-0.2, -0.15) is 11.8 Å². The number of aliphatic hydroxyl groups excluding tert-OH is 1. The van der Waals surface area contributed by atoms with Crippen molar-refractivity contribution in [2.24, 2.45) is 0 Å². The van der Waals surface area contributed by atoms with Gasteiger partial charge in [0.25, 0.3) is 0 Å². The van der Waals surface area contributed by atoms with Gasteiger partial charge in [0.1, 0.15) is 0 Å². The van der Waals surface area contributed by atoms with Crippen molar-refractivity contribution in [2.75, 3.05) is 24.7 Å². The summed E-state index contributed by atoms with van der Waals surface area (Å²) in [4.78, 5) is 0. The largest absolute Gasteiger partial charge is 0.394 e. The topological polar surface area (TPSA) is 41.5 Å². The molecule has 2 unspecified atom stereocenters. The van der Waals surface area contributed by atoms with E-state index >= 15 is 0 Å². The summed E-state index contributed by atoms with van der Waals surface area (Å²) in [5.41, 5.74) is -0.0787. The lowest BCUT2D eigenvalue weighted by molar-refractivity contribution is 0.128. The first-order valence-corrected chi connectivity index (χ1v) is 7.95. The number of ether oxygens (including phenoxy) is 1. The third-order valence-corrected chi connectivity index (χ3v) is 4.71. The molecule has 1 saturated carbocycles. The molecule has 100 valence electrons. The molecule has 0 aromatic rings. The summed E-state index contributed by atoms with van der Waals surface area (Å²) < 4.78 is 5.60. The highest BCUT2D eigenvalue weighted by Gasteiger charge is 2.31. The van der Waals surface area contributed by atoms with E-state index in [2.05, 4.69) is 12.2 Å². The predicted molar refractivity (Wildman–Crippen MR) is 72.6 cm³/mol. The molecular formula is C13H25NO2S. The van der Waals surface area contributed by atoms with E-state index in [4.69, 9.17) is 4.74 Å². The lowest BCUT2D eigenvalue weighted by Gasteiger charge is -2.29. The molecule has 0 aromatic heterocycles. The summed E-state index contributed by atoms with van der Waals surface area (Å²) in [6, 6.07) is 0.662. The fourth-order valence-electron chi connectivity index (χ4n) is 2.21. The fraction of sp³-hybridized carbons (Fsp3) is 1.00. The first kappa shape index (κ1) is 13.7. The van der Waals surface area contributed by atoms with Crippen LogP contribution in [0.25, 0.3) is 0 Å². The van der Waals surface area contributed by atoms with Crippen molar-refractivity contribution in [3.8, 4) is 0 Å². The van der Waals surface area contributed by atoms with Crippen LogP contribution in [0.5, 0.6) is 0 Å². The molecule has 1 aliphatic carbocycles. The summed E-state index contributed by atoms with van der Waals surface area (Å²) in [5.74, 6) is 2.22. The Balaban J connectivity index is 1.58. The van der Waals surface area contributed by atoms with Crippen LogP contribution in [0.3, 0.4) is 0 Å². The minimum Gasteiger partial charge on any atom is -0.394 e. The van der Waals surface area contributed by atoms with E-state index in [0.717, 1.165) is 24.5 Å². The molecule has 0 aromatic carbocycles. The summed E-state index contributed by atoms with van der Waals surface area (Å²) in [7, 11) is 0. The van der Waals surface area contributed by atoms with E-state index in [0.29, 0.717) is 12.1 Å². The van der Waals surface area contributed by atoms with Crippen LogP contribution in [0, 0.1) is 0 Å². The van der Waals surface area contributed by atoms with Gasteiger partial charge in [0, 0.05) is 23.9 Å². The monoisotopic (exact) mass is 259 g/mol. The maximum Gasteiger partial charge on any atom is 0.0666 e. The molecule has 3 nitrogen and oxygen atoms in total. The van der Waals surface area contributed by atoms with Crippen LogP contribution >= 0.6 is 11.8 Å². The van der Waals surface area contributed by atoms with E-state index < -0.39 is 0 Å². The van der Waals surface area contributed by atoms with E-state index in [1.165, 1.54) is 25.7 Å². The minimum atomic E-state index is -0.0787. The summed E-state index contributed by atoms with van der Waals surface area (Å²) in [6.07, 6.45) is 6.53. The van der Waals surface area contributed by atoms with Crippen molar-refractivity contribution in [3.05, 3.63) is 0 Å². The zero-order valence-electron chi connectivity index (χ0n) is 10.8. The Morgan fingerprint density at radius 2 is 2.24 bits per heavy atom. The molecule has 0 radical (unpaired) electrons. The first-order valence-electron chi connectivity index (χ1n) is 6.80. The minimum absolute atomic E-state index is 0.0787. The molecule has 17 heavy (non-hydrogen) atoms. The summed E-state index contributed by atoms with van der Waals surface area (Å²) in [6.45, 7) is 3.32. The third kappa shape index (κ3) is 4.78. The molecule has 1 heterocycles. The maximum atomic E-state index is 9.48. The van der Waals surface area contributed by atoms with E-state index in [9.17, 15) is 5.11 Å². The standard InChI is InChI=1S/C13H25NO2S/c1-13(10-15,14-11-4-5-11)6-8-17-9-12-3-2-7-16-12/h11-12,14-15H,2-10H2,1H3. The number of thioether (sulfide) groups is 1. The fourth-order valence-corrected chi connectivity index (χ4v) is 3.49. The maximum absolute atomic E-state index is 9.48. The lowest BCUT2D eigenvalue weighted by atomic mass is 10.0. The van der Waals surface area contributed by atoms with Crippen molar-refractivity contribution in [1.29, 1.82) is 0 Å². The second kappa shape index (κ2) is 6.41. The predicted octanol–water partition coefficient (Wildman–Crippen LogP) is 1.79. The van der Waals surface area contributed by atoms with E-state index in [1.54, 1.807) is 0 Å². The van der Waals surface area contributed by atoms with Gasteiger partial charge in [0.15, 0.2) is 0 Å². The van der Waals surface area contributed by atoms with Crippen LogP contribution in [0.4, 0.5) is 0 Å². The van der Waals surface area contributed by atoms with Crippen LogP contribution in [-0.2, 0) is 4.74 Å². The van der Waals surface area contributed by atoms with E-state index in [-0.39, 0.29) is 12.1 Å². The molecule has 0 spiro atoms. The van der Waals surface area contributed by atoms with Gasteiger partial charge in [0.05, 0.1) is 12.7 Å². The van der Waals surface area contributed by atoms with Gasteiger partial charge >= 0.3 is 0 Å². The van der Waals surface area contributed by atoms with Crippen molar-refractivity contribution in [1.82, 2.24) is 5.32 Å². The summed E-state index contributed by atoms with van der Waals surface area (Å²) in [5, 5.41) is 13.0. The average Bonchev–Trinajstić information content (AvgIpc) is 2.97. The Bertz CT molecular complexity index is 229. The highest BCUT2D eigenvalue weighted by Crippen LogP contribution is 2.25. The molecule has 0 amide bonds. The Morgan fingerprint density at radius 3 is 2.82 bits per heavy atom. The van der Waals surface area contributed by atoms with E-state index in [1.807, 2.05) is 11.8 Å². The molecule has 2 aliphatic rings. The number of aliphatic hydroxyl groups is 1. The molecule has 2 rings (SSSR count). The highest BCUT2D eigenvalue weighted by atomic mass is 32.2. The first-order chi connectivity index (χ1) is 8.22. The molecule has 2 N–H and O–H groups in total. The Labute approximate surface area is 109 Å². The second-order valence-corrected chi connectivity index (χ2v) is 6.75. The van der Waals surface area contributed by atoms with Gasteiger partial charge in [-0.1, -0.05) is 0 Å². The van der Waals surface area contributed by atoms with Gasteiger partial charge < -0.3 is 15.2 Å². The Hall–Kier alpha value is 0.230. The van der Waals surface area contributed by atoms with Crippen molar-refractivity contribution in [3.63, 3.8) is 0 Å². The van der Waals surface area contributed by atoms with Gasteiger partial charge in [0.2, 0.25) is 0 Å². The van der Waals surface area contributed by atoms with Gasteiger partial charge in [-0.05, 0) is 44.8 Å². The van der Waals surface area contributed by atoms with Crippen LogP contribution in [0.1, 0.15) is 39.0 Å². The quantitative estimate of drug-likeness (QED) is 0.652. The SMILES string of the molecule is CC(CO)(CCSCC1CCCO1)NC1CC1. The molecule has 0 bridgehead atoms. The average molecular weight is 259 g/mol. The van der Waals surface area contributed by atoms with Gasteiger partial charge in [-0.25, -0.2) is 0 Å². The van der Waals surface area contributed by atoms with Crippen LogP contribution in [0.15, 0.2) is 0 Å². The zero-order chi connectivity index (χ0) is 12.1. The van der Waals surface area contributed by atoms with Crippen LogP contribution in [0.2, 0.25) is 0 Å². The normalized spacial score (nSPS) is 28.2. The molecule has 2 fully saturated rings. The zero-order valence-corrected chi connectivity index (χ0v) is 11.6. The van der Waals surface area contributed by atoms with Gasteiger partial charge in [-0.3, -0.25) is 0 Å². The third-order valence-electron chi connectivity index (χ3n) is 3.60. The van der Waals surface area contributed by atoms with Gasteiger partial charge in [-0.15, -0.1) is 0 Å². The van der Waals surface area contributed by atoms with Crippen molar-refractivity contribution >= 4 is 11.8 Å².